The molecule has 1 aliphatic carbocycles. The van der Waals surface area contributed by atoms with Gasteiger partial charge in [0.1, 0.15) is 0 Å². The number of nitrogens with zero attached hydrogens (tertiary/aromatic N) is 1. The van der Waals surface area contributed by atoms with Crippen LogP contribution in [0.5, 0.6) is 0 Å². The van der Waals surface area contributed by atoms with Crippen molar-refractivity contribution in [2.24, 2.45) is 5.41 Å². The minimum atomic E-state index is -1.18. The Morgan fingerprint density at radius 1 is 1.47 bits per heavy atom. The van der Waals surface area contributed by atoms with E-state index < -0.39 is 12.1 Å². The maximum Gasteiger partial charge on any atom is 0.333 e. The number of aliphatic hydroxyl groups excluding tert-OH is 1. The molecule has 1 aliphatic heterocycles. The minimum Gasteiger partial charge on any atom is -0.479 e. The van der Waals surface area contributed by atoms with Crippen LogP contribution in [-0.2, 0) is 4.79 Å². The number of hydrogen-bond donors (Lipinski definition) is 2. The Hall–Kier alpha value is -0.610. The smallest absolute Gasteiger partial charge is 0.333 e. The standard InChI is InChI=1S/C11H19NO3/c1-12-7-3-2-4-8(12)11(5-6-11)9(13)10(14)15/h8-9,13H,2-7H2,1H3,(H,14,15). The predicted molar refractivity (Wildman–Crippen MR) is 55.6 cm³/mol. The summed E-state index contributed by atoms with van der Waals surface area (Å²) in [6.07, 6.45) is 3.91. The van der Waals surface area contributed by atoms with Crippen LogP contribution in [0.4, 0.5) is 0 Å². The van der Waals surface area contributed by atoms with Crippen LogP contribution in [0.3, 0.4) is 0 Å². The van der Waals surface area contributed by atoms with Gasteiger partial charge in [-0.1, -0.05) is 6.42 Å². The molecule has 2 atom stereocenters. The molecule has 1 saturated heterocycles. The predicted octanol–water partition coefficient (Wildman–Crippen LogP) is 0.696. The number of carbonyl (C=O) groups is 1. The molecule has 0 spiro atoms. The zero-order chi connectivity index (χ0) is 11.1. The van der Waals surface area contributed by atoms with Crippen LogP contribution in [0, 0.1) is 5.41 Å². The first kappa shape index (κ1) is 10.9. The van der Waals surface area contributed by atoms with Crippen molar-refractivity contribution in [3.05, 3.63) is 0 Å². The molecule has 0 bridgehead atoms. The molecule has 2 rings (SSSR count). The summed E-state index contributed by atoms with van der Waals surface area (Å²) >= 11 is 0. The Morgan fingerprint density at radius 2 is 2.13 bits per heavy atom. The van der Waals surface area contributed by atoms with Gasteiger partial charge in [0.25, 0.3) is 0 Å². The average molecular weight is 213 g/mol. The zero-order valence-corrected chi connectivity index (χ0v) is 9.15. The van der Waals surface area contributed by atoms with E-state index in [9.17, 15) is 9.90 Å². The van der Waals surface area contributed by atoms with Gasteiger partial charge in [0.2, 0.25) is 0 Å². The van der Waals surface area contributed by atoms with Gasteiger partial charge in [-0.2, -0.15) is 0 Å². The molecule has 2 unspecified atom stereocenters. The van der Waals surface area contributed by atoms with Crippen molar-refractivity contribution in [1.29, 1.82) is 0 Å². The Balaban J connectivity index is 2.11. The lowest BCUT2D eigenvalue weighted by Gasteiger charge is -2.39. The first-order valence-electron chi connectivity index (χ1n) is 5.69. The fourth-order valence-corrected chi connectivity index (χ4v) is 2.98. The lowest BCUT2D eigenvalue weighted by Crippen LogP contribution is -2.49. The van der Waals surface area contributed by atoms with Gasteiger partial charge < -0.3 is 15.1 Å². The first-order chi connectivity index (χ1) is 7.08. The van der Waals surface area contributed by atoms with Crippen LogP contribution in [0.25, 0.3) is 0 Å². The van der Waals surface area contributed by atoms with E-state index in [-0.39, 0.29) is 11.5 Å². The van der Waals surface area contributed by atoms with E-state index in [0.717, 1.165) is 32.2 Å². The third kappa shape index (κ3) is 1.76. The maximum atomic E-state index is 10.9. The van der Waals surface area contributed by atoms with Crippen molar-refractivity contribution in [2.45, 2.75) is 44.2 Å². The highest BCUT2D eigenvalue weighted by Gasteiger charge is 2.58. The topological polar surface area (TPSA) is 60.8 Å². The number of aliphatic carboxylic acids is 1. The molecule has 0 radical (unpaired) electrons. The van der Waals surface area contributed by atoms with Crippen LogP contribution in [-0.4, -0.2) is 46.8 Å². The van der Waals surface area contributed by atoms with Crippen LogP contribution in [0.1, 0.15) is 32.1 Å². The van der Waals surface area contributed by atoms with Crippen molar-refractivity contribution in [2.75, 3.05) is 13.6 Å². The first-order valence-corrected chi connectivity index (χ1v) is 5.69. The lowest BCUT2D eigenvalue weighted by atomic mass is 9.83. The van der Waals surface area contributed by atoms with Gasteiger partial charge in [0.05, 0.1) is 0 Å². The second kappa shape index (κ2) is 3.76. The normalized spacial score (nSPS) is 32.3. The van der Waals surface area contributed by atoms with E-state index >= 15 is 0 Å². The van der Waals surface area contributed by atoms with E-state index in [1.54, 1.807) is 0 Å². The number of piperidine rings is 1. The monoisotopic (exact) mass is 213 g/mol. The Bertz CT molecular complexity index is 263. The van der Waals surface area contributed by atoms with Gasteiger partial charge in [-0.25, -0.2) is 4.79 Å². The van der Waals surface area contributed by atoms with E-state index in [2.05, 4.69) is 4.90 Å². The fraction of sp³-hybridized carbons (Fsp3) is 0.909. The molecule has 0 aromatic heterocycles. The van der Waals surface area contributed by atoms with Crippen LogP contribution < -0.4 is 0 Å². The average Bonchev–Trinajstić information content (AvgIpc) is 2.98. The van der Waals surface area contributed by atoms with Crippen molar-refractivity contribution < 1.29 is 15.0 Å². The molecular weight excluding hydrogens is 194 g/mol. The molecule has 2 N–H and O–H groups in total. The number of carboxylic acids is 1. The van der Waals surface area contributed by atoms with Crippen molar-refractivity contribution in [3.63, 3.8) is 0 Å². The van der Waals surface area contributed by atoms with Crippen LogP contribution in [0.2, 0.25) is 0 Å². The molecule has 0 amide bonds. The van der Waals surface area contributed by atoms with Crippen molar-refractivity contribution >= 4 is 5.97 Å². The number of rotatable bonds is 3. The summed E-state index contributed by atoms with van der Waals surface area (Å²) in [4.78, 5) is 13.1. The summed E-state index contributed by atoms with van der Waals surface area (Å²) in [6, 6.07) is 0.261. The molecular formula is C11H19NO3. The zero-order valence-electron chi connectivity index (χ0n) is 9.15. The molecule has 86 valence electrons. The van der Waals surface area contributed by atoms with Gasteiger partial charge in [0, 0.05) is 11.5 Å². The molecule has 4 nitrogen and oxygen atoms in total. The summed E-state index contributed by atoms with van der Waals surface area (Å²) in [5.41, 5.74) is -0.346. The van der Waals surface area contributed by atoms with Crippen LogP contribution in [0.15, 0.2) is 0 Å². The maximum absolute atomic E-state index is 10.9. The van der Waals surface area contributed by atoms with E-state index in [0.29, 0.717) is 0 Å². The van der Waals surface area contributed by atoms with Gasteiger partial charge in [-0.3, -0.25) is 0 Å². The minimum absolute atomic E-state index is 0.261. The Kier molecular flexibility index (Phi) is 2.73. The quantitative estimate of drug-likeness (QED) is 0.724. The summed E-state index contributed by atoms with van der Waals surface area (Å²) in [6.45, 7) is 1.03. The highest BCUT2D eigenvalue weighted by atomic mass is 16.4. The third-order valence-electron chi connectivity index (χ3n) is 4.04. The third-order valence-corrected chi connectivity index (χ3v) is 4.04. The molecule has 0 aromatic carbocycles. The molecule has 1 saturated carbocycles. The van der Waals surface area contributed by atoms with E-state index in [1.807, 2.05) is 7.05 Å². The summed E-state index contributed by atoms with van der Waals surface area (Å²) < 4.78 is 0. The largest absolute Gasteiger partial charge is 0.479 e. The van der Waals surface area contributed by atoms with Gasteiger partial charge in [-0.05, 0) is 39.3 Å². The molecule has 0 aromatic rings. The SMILES string of the molecule is CN1CCCCC1C1(C(O)C(=O)O)CC1. The number of aliphatic hydroxyl groups is 1. The fourth-order valence-electron chi connectivity index (χ4n) is 2.98. The molecule has 2 aliphatic rings. The van der Waals surface area contributed by atoms with E-state index in [1.165, 1.54) is 6.42 Å². The van der Waals surface area contributed by atoms with Gasteiger partial charge in [0.15, 0.2) is 6.10 Å². The second-order valence-corrected chi connectivity index (χ2v) is 4.97. The highest BCUT2D eigenvalue weighted by molar-refractivity contribution is 5.74. The van der Waals surface area contributed by atoms with Gasteiger partial charge in [-0.15, -0.1) is 0 Å². The molecule has 4 heteroatoms. The summed E-state index contributed by atoms with van der Waals surface area (Å²) in [7, 11) is 2.04. The second-order valence-electron chi connectivity index (χ2n) is 4.97. The van der Waals surface area contributed by atoms with E-state index in [4.69, 9.17) is 5.11 Å². The Morgan fingerprint density at radius 3 is 2.60 bits per heavy atom. The Labute approximate surface area is 89.9 Å². The molecule has 15 heavy (non-hydrogen) atoms. The highest BCUT2D eigenvalue weighted by Crippen LogP contribution is 2.55. The van der Waals surface area contributed by atoms with Crippen LogP contribution >= 0.6 is 0 Å². The number of carboxylic acid groups (broad SMARTS) is 1. The van der Waals surface area contributed by atoms with Gasteiger partial charge >= 0.3 is 5.97 Å². The van der Waals surface area contributed by atoms with Crippen molar-refractivity contribution in [1.82, 2.24) is 4.90 Å². The molecule has 2 fully saturated rings. The number of hydrogen-bond acceptors (Lipinski definition) is 3. The van der Waals surface area contributed by atoms with Crippen molar-refractivity contribution in [3.8, 4) is 0 Å². The number of likely N-dealkylation sites (tertiary alicyclic amines) is 1. The summed E-state index contributed by atoms with van der Waals surface area (Å²) in [5.74, 6) is -1.06. The summed E-state index contributed by atoms with van der Waals surface area (Å²) in [5, 5.41) is 18.7. The lowest BCUT2D eigenvalue weighted by molar-refractivity contribution is -0.153. The molecule has 1 heterocycles.